The van der Waals surface area contributed by atoms with Crippen LogP contribution in [0.1, 0.15) is 5.56 Å². The fourth-order valence-corrected chi connectivity index (χ4v) is 2.50. The fraction of sp³-hybridized carbons (Fsp3) is 0.571. The second kappa shape index (κ2) is 7.12. The molecule has 2 rings (SSSR count). The lowest BCUT2D eigenvalue weighted by Gasteiger charge is -2.35. The zero-order chi connectivity index (χ0) is 17.0. The topological polar surface area (TPSA) is 35.8 Å². The van der Waals surface area contributed by atoms with Crippen LogP contribution in [0, 0.1) is 4.91 Å². The van der Waals surface area contributed by atoms with Crippen molar-refractivity contribution in [3.63, 3.8) is 0 Å². The predicted octanol–water partition coefficient (Wildman–Crippen LogP) is 2.77. The highest BCUT2D eigenvalue weighted by molar-refractivity contribution is 5.56. The van der Waals surface area contributed by atoms with E-state index < -0.39 is 18.4 Å². The van der Waals surface area contributed by atoms with E-state index in [4.69, 9.17) is 0 Å². The van der Waals surface area contributed by atoms with Crippen LogP contribution < -0.4 is 4.90 Å². The Bertz CT molecular complexity index is 557. The molecule has 0 atom stereocenters. The maximum Gasteiger partial charge on any atom is 0.416 e. The summed E-state index contributed by atoms with van der Waals surface area (Å²) in [5, 5.41) is 0. The Morgan fingerprint density at radius 1 is 1.17 bits per heavy atom. The maximum atomic E-state index is 13.0. The van der Waals surface area contributed by atoms with Crippen LogP contribution in [0.4, 0.5) is 28.9 Å². The molecule has 0 aromatic heterocycles. The van der Waals surface area contributed by atoms with Gasteiger partial charge in [-0.2, -0.15) is 13.2 Å². The molecule has 0 aliphatic carbocycles. The van der Waals surface area contributed by atoms with Gasteiger partial charge in [0.25, 0.3) is 4.92 Å². The van der Waals surface area contributed by atoms with E-state index in [0.29, 0.717) is 38.4 Å². The molecular weight excluding hydrogens is 318 g/mol. The van der Waals surface area contributed by atoms with Gasteiger partial charge in [-0.1, -0.05) is 0 Å². The van der Waals surface area contributed by atoms with Gasteiger partial charge in [-0.3, -0.25) is 4.90 Å². The van der Waals surface area contributed by atoms with Gasteiger partial charge in [0.05, 0.1) is 10.5 Å². The Balaban J connectivity index is 2.26. The third-order valence-electron chi connectivity index (χ3n) is 3.74. The number of nitrogens with zero attached hydrogens (tertiary/aromatic N) is 3. The van der Waals surface area contributed by atoms with E-state index in [9.17, 15) is 22.5 Å². The number of hydrogen-bond acceptors (Lipinski definition) is 4. The summed E-state index contributed by atoms with van der Waals surface area (Å²) in [6.07, 6.45) is -4.56. The molecular formula is C14H18F4N3O2+. The zero-order valence-electron chi connectivity index (χ0n) is 12.6. The Kier molecular flexibility index (Phi) is 5.40. The first-order valence-corrected chi connectivity index (χ1v) is 7.12. The van der Waals surface area contributed by atoms with Gasteiger partial charge in [0.15, 0.2) is 7.11 Å². The maximum absolute atomic E-state index is 13.0. The zero-order valence-corrected chi connectivity index (χ0v) is 12.6. The monoisotopic (exact) mass is 336 g/mol. The molecule has 0 saturated carbocycles. The Hall–Kier alpha value is -1.90. The third kappa shape index (κ3) is 4.31. The molecule has 0 bridgehead atoms. The number of halogens is 4. The minimum Gasteiger partial charge on any atom is -0.369 e. The highest BCUT2D eigenvalue weighted by atomic mass is 19.4. The first kappa shape index (κ1) is 17.5. The lowest BCUT2D eigenvalue weighted by molar-refractivity contribution is -0.736. The fourth-order valence-electron chi connectivity index (χ4n) is 2.50. The number of alkyl halides is 4. The Labute approximate surface area is 130 Å². The second-order valence-electron chi connectivity index (χ2n) is 5.19. The molecule has 1 fully saturated rings. The molecule has 1 aliphatic heterocycles. The van der Waals surface area contributed by atoms with Crippen LogP contribution in [0.3, 0.4) is 0 Å². The predicted molar refractivity (Wildman–Crippen MR) is 76.4 cm³/mol. The number of rotatable bonds is 5. The molecule has 1 heterocycles. The van der Waals surface area contributed by atoms with Gasteiger partial charge in [0.2, 0.25) is 0 Å². The van der Waals surface area contributed by atoms with Gasteiger partial charge in [-0.05, 0) is 6.07 Å². The molecule has 0 unspecified atom stereocenters. The van der Waals surface area contributed by atoms with E-state index >= 15 is 0 Å². The Morgan fingerprint density at radius 3 is 2.35 bits per heavy atom. The van der Waals surface area contributed by atoms with E-state index in [2.05, 4.69) is 4.84 Å². The molecule has 1 aliphatic rings. The number of piperazine rings is 1. The lowest BCUT2D eigenvalue weighted by atomic mass is 10.1. The van der Waals surface area contributed by atoms with Crippen LogP contribution in [0.25, 0.3) is 0 Å². The average Bonchev–Trinajstić information content (AvgIpc) is 2.54. The van der Waals surface area contributed by atoms with Crippen LogP contribution in [0.15, 0.2) is 18.2 Å². The van der Waals surface area contributed by atoms with Crippen LogP contribution >= 0.6 is 0 Å². The normalized spacial score (nSPS) is 16.5. The van der Waals surface area contributed by atoms with Crippen LogP contribution in [0.5, 0.6) is 0 Å². The summed E-state index contributed by atoms with van der Waals surface area (Å²) in [4.78, 5) is 19.7. The van der Waals surface area contributed by atoms with Gasteiger partial charge in [-0.15, -0.1) is 0 Å². The quantitative estimate of drug-likeness (QED) is 0.612. The SMILES string of the molecule is CO[N+](=O)c1cc(N2CCN(CCF)CC2)cc(C(F)(F)F)c1. The van der Waals surface area contributed by atoms with Crippen LogP contribution in [0.2, 0.25) is 0 Å². The molecule has 0 spiro atoms. The summed E-state index contributed by atoms with van der Waals surface area (Å²) < 4.78 is 51.4. The molecule has 0 radical (unpaired) electrons. The van der Waals surface area contributed by atoms with Crippen molar-refractivity contribution in [1.29, 1.82) is 0 Å². The summed E-state index contributed by atoms with van der Waals surface area (Å²) >= 11 is 0. The van der Waals surface area contributed by atoms with Crippen molar-refractivity contribution in [2.24, 2.45) is 0 Å². The smallest absolute Gasteiger partial charge is 0.369 e. The minimum absolute atomic E-state index is 0.0398. The Morgan fingerprint density at radius 2 is 1.83 bits per heavy atom. The van der Waals surface area contributed by atoms with E-state index in [1.165, 1.54) is 6.07 Å². The molecule has 0 amide bonds. The van der Waals surface area contributed by atoms with Crippen LogP contribution in [-0.4, -0.2) is 56.3 Å². The van der Waals surface area contributed by atoms with E-state index in [1.54, 1.807) is 4.90 Å². The molecule has 1 saturated heterocycles. The molecule has 1 aromatic rings. The van der Waals surface area contributed by atoms with Crippen molar-refractivity contribution in [3.05, 3.63) is 28.7 Å². The van der Waals surface area contributed by atoms with Gasteiger partial charge in [0.1, 0.15) is 6.67 Å². The molecule has 0 N–H and O–H groups in total. The average molecular weight is 336 g/mol. The van der Waals surface area contributed by atoms with Crippen molar-refractivity contribution in [2.45, 2.75) is 6.18 Å². The molecule has 128 valence electrons. The highest BCUT2D eigenvalue weighted by Gasteiger charge is 2.34. The molecule has 23 heavy (non-hydrogen) atoms. The second-order valence-corrected chi connectivity index (χ2v) is 5.19. The van der Waals surface area contributed by atoms with Crippen molar-refractivity contribution in [1.82, 2.24) is 4.90 Å². The largest absolute Gasteiger partial charge is 0.416 e. The molecule has 9 heteroatoms. The van der Waals surface area contributed by atoms with E-state index in [-0.39, 0.29) is 10.6 Å². The molecule has 1 aromatic carbocycles. The van der Waals surface area contributed by atoms with Gasteiger partial charge in [0, 0.05) is 50.5 Å². The molecule has 5 nitrogen and oxygen atoms in total. The summed E-state index contributed by atoms with van der Waals surface area (Å²) in [6, 6.07) is 3.12. The summed E-state index contributed by atoms with van der Waals surface area (Å²) in [5.41, 5.74) is -0.828. The van der Waals surface area contributed by atoms with Crippen LogP contribution in [-0.2, 0) is 11.0 Å². The number of benzene rings is 1. The first-order valence-electron chi connectivity index (χ1n) is 7.12. The number of anilines is 1. The van der Waals surface area contributed by atoms with Crippen molar-refractivity contribution < 1.29 is 27.3 Å². The number of hydrogen-bond donors (Lipinski definition) is 0. The summed E-state index contributed by atoms with van der Waals surface area (Å²) in [6.45, 7) is 1.91. The van der Waals surface area contributed by atoms with Crippen molar-refractivity contribution in [2.75, 3.05) is 51.4 Å². The third-order valence-corrected chi connectivity index (χ3v) is 3.74. The van der Waals surface area contributed by atoms with Crippen molar-refractivity contribution in [3.8, 4) is 0 Å². The standard InChI is InChI=1S/C14H18F4N3O2/c1-23-21(22)13-9-11(14(16,17)18)8-12(10-13)20-6-4-19(3-2-15)5-7-20/h8-10H,2-7H2,1H3/q+1. The van der Waals surface area contributed by atoms with Gasteiger partial charge in [-0.25, -0.2) is 9.23 Å². The summed E-state index contributed by atoms with van der Waals surface area (Å²) in [5.74, 6) is 0. The van der Waals surface area contributed by atoms with Crippen molar-refractivity contribution >= 4 is 11.4 Å². The lowest BCUT2D eigenvalue weighted by Crippen LogP contribution is -2.47. The van der Waals surface area contributed by atoms with Gasteiger partial charge >= 0.3 is 11.9 Å². The van der Waals surface area contributed by atoms with E-state index in [0.717, 1.165) is 19.2 Å². The van der Waals surface area contributed by atoms with Gasteiger partial charge < -0.3 is 4.90 Å². The highest BCUT2D eigenvalue weighted by Crippen LogP contribution is 2.35. The van der Waals surface area contributed by atoms with E-state index in [1.807, 2.05) is 4.90 Å². The summed E-state index contributed by atoms with van der Waals surface area (Å²) in [7, 11) is 1.09. The minimum atomic E-state index is -4.56. The first-order chi connectivity index (χ1) is 10.8.